The highest BCUT2D eigenvalue weighted by atomic mass is 32.1. The number of rotatable bonds is 4. The maximum atomic E-state index is 12.5. The Morgan fingerprint density at radius 3 is 3.00 bits per heavy atom. The molecular weight excluding hydrogens is 328 g/mol. The van der Waals surface area contributed by atoms with Crippen LogP contribution in [0, 0.1) is 12.8 Å². The SMILES string of the molecule is CCOC(=O)c1sc(NC(=O)C2COc3ccccc3C2)nc1C. The number of nitrogens with one attached hydrogen (secondary N) is 1. The van der Waals surface area contributed by atoms with E-state index in [0.717, 1.165) is 22.6 Å². The molecule has 1 atom stereocenters. The van der Waals surface area contributed by atoms with Crippen molar-refractivity contribution in [1.82, 2.24) is 4.98 Å². The highest BCUT2D eigenvalue weighted by Gasteiger charge is 2.27. The molecule has 0 saturated heterocycles. The van der Waals surface area contributed by atoms with E-state index in [0.29, 0.717) is 35.3 Å². The Hall–Kier alpha value is -2.41. The molecule has 3 rings (SSSR count). The van der Waals surface area contributed by atoms with Crippen LogP contribution in [0.1, 0.15) is 27.9 Å². The summed E-state index contributed by atoms with van der Waals surface area (Å²) in [6.45, 7) is 4.10. The van der Waals surface area contributed by atoms with Crippen molar-refractivity contribution >= 4 is 28.3 Å². The van der Waals surface area contributed by atoms with Crippen LogP contribution in [0.15, 0.2) is 24.3 Å². The van der Waals surface area contributed by atoms with Crippen LogP contribution in [0.2, 0.25) is 0 Å². The molecule has 2 aromatic rings. The maximum Gasteiger partial charge on any atom is 0.350 e. The Morgan fingerprint density at radius 2 is 2.21 bits per heavy atom. The van der Waals surface area contributed by atoms with E-state index >= 15 is 0 Å². The zero-order valence-corrected chi connectivity index (χ0v) is 14.3. The van der Waals surface area contributed by atoms with Crippen LogP contribution in [0.4, 0.5) is 5.13 Å². The van der Waals surface area contributed by atoms with Crippen LogP contribution in [0.5, 0.6) is 5.75 Å². The van der Waals surface area contributed by atoms with E-state index in [2.05, 4.69) is 10.3 Å². The number of hydrogen-bond donors (Lipinski definition) is 1. The number of hydrogen-bond acceptors (Lipinski definition) is 6. The first-order chi connectivity index (χ1) is 11.6. The number of carbonyl (C=O) groups is 2. The molecular formula is C17H18N2O4S. The summed E-state index contributed by atoms with van der Waals surface area (Å²) in [5, 5.41) is 3.18. The van der Waals surface area contributed by atoms with Gasteiger partial charge in [0.05, 0.1) is 18.2 Å². The lowest BCUT2D eigenvalue weighted by Crippen LogP contribution is -2.32. The van der Waals surface area contributed by atoms with Crippen molar-refractivity contribution < 1.29 is 19.1 Å². The average Bonchev–Trinajstić information content (AvgIpc) is 2.95. The summed E-state index contributed by atoms with van der Waals surface area (Å²) < 4.78 is 10.6. The maximum absolute atomic E-state index is 12.5. The molecule has 0 spiro atoms. The molecule has 1 unspecified atom stereocenters. The monoisotopic (exact) mass is 346 g/mol. The van der Waals surface area contributed by atoms with Gasteiger partial charge in [0.1, 0.15) is 17.2 Å². The molecule has 2 heterocycles. The molecule has 1 aromatic heterocycles. The summed E-state index contributed by atoms with van der Waals surface area (Å²) in [5.74, 6) is -0.0250. The normalized spacial score (nSPS) is 16.0. The summed E-state index contributed by atoms with van der Waals surface area (Å²) in [4.78, 5) is 28.9. The fourth-order valence-electron chi connectivity index (χ4n) is 2.54. The number of aromatic nitrogens is 1. The van der Waals surface area contributed by atoms with E-state index in [1.165, 1.54) is 0 Å². The van der Waals surface area contributed by atoms with Crippen LogP contribution in [0.3, 0.4) is 0 Å². The van der Waals surface area contributed by atoms with Crippen molar-refractivity contribution in [3.8, 4) is 5.75 Å². The molecule has 7 heteroatoms. The van der Waals surface area contributed by atoms with Crippen molar-refractivity contribution in [3.63, 3.8) is 0 Å². The predicted molar refractivity (Wildman–Crippen MR) is 90.6 cm³/mol. The Morgan fingerprint density at radius 1 is 1.42 bits per heavy atom. The van der Waals surface area contributed by atoms with Crippen LogP contribution in [0.25, 0.3) is 0 Å². The lowest BCUT2D eigenvalue weighted by molar-refractivity contribution is -0.121. The Bertz CT molecular complexity index is 772. The van der Waals surface area contributed by atoms with Gasteiger partial charge in [-0.1, -0.05) is 29.5 Å². The second kappa shape index (κ2) is 7.00. The van der Waals surface area contributed by atoms with Gasteiger partial charge < -0.3 is 14.8 Å². The van der Waals surface area contributed by atoms with E-state index in [1.807, 2.05) is 24.3 Å². The minimum absolute atomic E-state index is 0.159. The smallest absolute Gasteiger partial charge is 0.350 e. The second-order valence-corrected chi connectivity index (χ2v) is 6.46. The molecule has 0 radical (unpaired) electrons. The van der Waals surface area contributed by atoms with Gasteiger partial charge >= 0.3 is 5.97 Å². The van der Waals surface area contributed by atoms with Crippen molar-refractivity contribution in [2.75, 3.05) is 18.5 Å². The molecule has 0 saturated carbocycles. The molecule has 1 aliphatic heterocycles. The number of amides is 1. The number of benzene rings is 1. The first-order valence-corrected chi connectivity index (χ1v) is 8.56. The molecule has 1 aliphatic rings. The number of fused-ring (bicyclic) bond motifs is 1. The highest BCUT2D eigenvalue weighted by molar-refractivity contribution is 7.17. The fourth-order valence-corrected chi connectivity index (χ4v) is 3.40. The van der Waals surface area contributed by atoms with Gasteiger partial charge in [-0.3, -0.25) is 4.79 Å². The van der Waals surface area contributed by atoms with E-state index in [1.54, 1.807) is 13.8 Å². The van der Waals surface area contributed by atoms with E-state index in [-0.39, 0.29) is 11.8 Å². The molecule has 0 fully saturated rings. The van der Waals surface area contributed by atoms with Crippen molar-refractivity contribution in [2.45, 2.75) is 20.3 Å². The number of thiazole rings is 1. The van der Waals surface area contributed by atoms with Crippen LogP contribution in [-0.2, 0) is 16.0 Å². The van der Waals surface area contributed by atoms with Crippen LogP contribution in [-0.4, -0.2) is 30.1 Å². The number of ether oxygens (including phenoxy) is 2. The summed E-state index contributed by atoms with van der Waals surface area (Å²) in [7, 11) is 0. The van der Waals surface area contributed by atoms with Gasteiger partial charge in [0.2, 0.25) is 5.91 Å². The second-order valence-electron chi connectivity index (χ2n) is 5.46. The number of anilines is 1. The first-order valence-electron chi connectivity index (χ1n) is 7.74. The number of aryl methyl sites for hydroxylation is 1. The van der Waals surface area contributed by atoms with Gasteiger partial charge in [-0.15, -0.1) is 0 Å². The molecule has 1 aromatic carbocycles. The first kappa shape index (κ1) is 16.4. The average molecular weight is 346 g/mol. The van der Waals surface area contributed by atoms with Gasteiger partial charge in [-0.25, -0.2) is 9.78 Å². The molecule has 0 aliphatic carbocycles. The van der Waals surface area contributed by atoms with Crippen molar-refractivity contribution in [1.29, 1.82) is 0 Å². The molecule has 1 N–H and O–H groups in total. The molecule has 24 heavy (non-hydrogen) atoms. The zero-order chi connectivity index (χ0) is 17.1. The third kappa shape index (κ3) is 3.41. The van der Waals surface area contributed by atoms with Gasteiger partial charge in [-0.2, -0.15) is 0 Å². The number of esters is 1. The summed E-state index contributed by atoms with van der Waals surface area (Å²) >= 11 is 1.13. The number of para-hydroxylation sites is 1. The van der Waals surface area contributed by atoms with E-state index in [4.69, 9.17) is 9.47 Å². The van der Waals surface area contributed by atoms with Gasteiger partial charge in [0, 0.05) is 0 Å². The minimum Gasteiger partial charge on any atom is -0.492 e. The van der Waals surface area contributed by atoms with Gasteiger partial charge in [0.25, 0.3) is 0 Å². The Labute approximate surface area is 143 Å². The Balaban J connectivity index is 1.68. The van der Waals surface area contributed by atoms with Crippen molar-refractivity contribution in [2.24, 2.45) is 5.92 Å². The summed E-state index contributed by atoms with van der Waals surface area (Å²) in [6.07, 6.45) is 0.622. The fraction of sp³-hybridized carbons (Fsp3) is 0.353. The van der Waals surface area contributed by atoms with E-state index in [9.17, 15) is 9.59 Å². The molecule has 0 bridgehead atoms. The number of nitrogens with zero attached hydrogens (tertiary/aromatic N) is 1. The van der Waals surface area contributed by atoms with Gasteiger partial charge in [-0.05, 0) is 31.9 Å². The largest absolute Gasteiger partial charge is 0.492 e. The Kier molecular flexibility index (Phi) is 4.80. The highest BCUT2D eigenvalue weighted by Crippen LogP contribution is 2.28. The zero-order valence-electron chi connectivity index (χ0n) is 13.5. The van der Waals surface area contributed by atoms with Crippen LogP contribution >= 0.6 is 11.3 Å². The van der Waals surface area contributed by atoms with Crippen molar-refractivity contribution in [3.05, 3.63) is 40.4 Å². The molecule has 6 nitrogen and oxygen atoms in total. The van der Waals surface area contributed by atoms with E-state index < -0.39 is 5.97 Å². The topological polar surface area (TPSA) is 77.5 Å². The van der Waals surface area contributed by atoms with Gasteiger partial charge in [0.15, 0.2) is 5.13 Å². The molecule has 1 amide bonds. The third-order valence-corrected chi connectivity index (χ3v) is 4.79. The summed E-state index contributed by atoms with van der Waals surface area (Å²) in [6, 6.07) is 7.70. The third-order valence-electron chi connectivity index (χ3n) is 3.74. The standard InChI is InChI=1S/C17H18N2O4S/c1-3-22-16(21)14-10(2)18-17(24-14)19-15(20)12-8-11-6-4-5-7-13(11)23-9-12/h4-7,12H,3,8-9H2,1-2H3,(H,18,19,20). The summed E-state index contributed by atoms with van der Waals surface area (Å²) in [5.41, 5.74) is 1.57. The lowest BCUT2D eigenvalue weighted by atomic mass is 9.96. The lowest BCUT2D eigenvalue weighted by Gasteiger charge is -2.24. The quantitative estimate of drug-likeness (QED) is 0.862. The molecule has 126 valence electrons. The number of carbonyl (C=O) groups excluding carboxylic acids is 2. The minimum atomic E-state index is -0.414. The van der Waals surface area contributed by atoms with Crippen LogP contribution < -0.4 is 10.1 Å². The predicted octanol–water partition coefficient (Wildman–Crippen LogP) is 2.82.